The second kappa shape index (κ2) is 6.06. The van der Waals surface area contributed by atoms with Crippen LogP contribution in [0.1, 0.15) is 32.1 Å². The number of carbonyl (C=O) groups excluding carboxylic acids is 1. The van der Waals surface area contributed by atoms with E-state index in [9.17, 15) is 13.2 Å². The molecular weight excluding hydrogens is 270 g/mol. The van der Waals surface area contributed by atoms with Crippen molar-refractivity contribution < 1.29 is 17.9 Å². The molecular formula is C11H21N3O4S. The lowest BCUT2D eigenvalue weighted by Gasteiger charge is -2.29. The first-order valence-electron chi connectivity index (χ1n) is 6.64. The van der Waals surface area contributed by atoms with Crippen molar-refractivity contribution in [2.75, 3.05) is 20.2 Å². The molecule has 2 fully saturated rings. The van der Waals surface area contributed by atoms with Gasteiger partial charge in [-0.2, -0.15) is 12.7 Å². The van der Waals surface area contributed by atoms with E-state index in [1.165, 1.54) is 4.31 Å². The van der Waals surface area contributed by atoms with Gasteiger partial charge in [-0.05, 0) is 32.2 Å². The minimum atomic E-state index is -3.80. The van der Waals surface area contributed by atoms with Crippen molar-refractivity contribution in [3.05, 3.63) is 0 Å². The molecule has 0 spiro atoms. The molecule has 1 amide bonds. The van der Waals surface area contributed by atoms with Crippen LogP contribution in [0.25, 0.3) is 0 Å². The number of amides is 1. The first-order chi connectivity index (χ1) is 9.03. The van der Waals surface area contributed by atoms with Gasteiger partial charge in [0.05, 0.1) is 7.11 Å². The highest BCUT2D eigenvalue weighted by Gasteiger charge is 2.39. The number of hydrogen-bond donors (Lipinski definition) is 2. The number of ether oxygens (including phenoxy) is 1. The lowest BCUT2D eigenvalue weighted by molar-refractivity contribution is 0.176. The fraction of sp³-hybridized carbons (Fsp3) is 0.909. The molecule has 8 heteroatoms. The average molecular weight is 291 g/mol. The number of nitrogens with zero attached hydrogens (tertiary/aromatic N) is 1. The first-order valence-corrected chi connectivity index (χ1v) is 8.08. The molecule has 1 aliphatic heterocycles. The largest absolute Gasteiger partial charge is 0.452 e. The summed E-state index contributed by atoms with van der Waals surface area (Å²) < 4.78 is 32.0. The minimum absolute atomic E-state index is 0.0193. The number of hydrogen-bond acceptors (Lipinski definition) is 5. The van der Waals surface area contributed by atoms with Crippen LogP contribution in [0.15, 0.2) is 0 Å². The zero-order chi connectivity index (χ0) is 13.9. The molecule has 0 radical (unpaired) electrons. The van der Waals surface area contributed by atoms with Gasteiger partial charge >= 0.3 is 16.3 Å². The highest BCUT2D eigenvalue weighted by atomic mass is 32.2. The predicted octanol–water partition coefficient (Wildman–Crippen LogP) is 0.194. The molecule has 19 heavy (non-hydrogen) atoms. The van der Waals surface area contributed by atoms with Crippen molar-refractivity contribution in [1.29, 1.82) is 0 Å². The van der Waals surface area contributed by atoms with Gasteiger partial charge in [0.15, 0.2) is 0 Å². The molecule has 2 aliphatic rings. The SMILES string of the molecule is COC(=O)NS(=O)(=O)N(CC1CCCCN1)C1CC1. The van der Waals surface area contributed by atoms with Crippen molar-refractivity contribution >= 4 is 16.3 Å². The molecule has 1 atom stereocenters. The van der Waals surface area contributed by atoms with Crippen molar-refractivity contribution in [2.24, 2.45) is 0 Å². The molecule has 0 aromatic heterocycles. The average Bonchev–Trinajstić information content (AvgIpc) is 3.20. The molecule has 0 aromatic carbocycles. The summed E-state index contributed by atoms with van der Waals surface area (Å²) in [5.74, 6) is 0. The van der Waals surface area contributed by atoms with Crippen LogP contribution in [-0.4, -0.2) is 51.1 Å². The molecule has 2 N–H and O–H groups in total. The van der Waals surface area contributed by atoms with Crippen LogP contribution in [0, 0.1) is 0 Å². The lowest BCUT2D eigenvalue weighted by atomic mass is 10.1. The second-order valence-corrected chi connectivity index (χ2v) is 6.67. The Balaban J connectivity index is 2.00. The van der Waals surface area contributed by atoms with E-state index in [1.54, 1.807) is 0 Å². The van der Waals surface area contributed by atoms with E-state index in [4.69, 9.17) is 0 Å². The topological polar surface area (TPSA) is 87.7 Å². The molecule has 1 saturated carbocycles. The monoisotopic (exact) mass is 291 g/mol. The molecule has 1 heterocycles. The third-order valence-corrected chi connectivity index (χ3v) is 4.96. The fourth-order valence-electron chi connectivity index (χ4n) is 2.31. The zero-order valence-corrected chi connectivity index (χ0v) is 11.9. The van der Waals surface area contributed by atoms with E-state index in [1.807, 2.05) is 4.72 Å². The van der Waals surface area contributed by atoms with Crippen molar-refractivity contribution in [1.82, 2.24) is 14.3 Å². The Labute approximate surface area is 113 Å². The third-order valence-electron chi connectivity index (χ3n) is 3.47. The Hall–Kier alpha value is -0.860. The lowest BCUT2D eigenvalue weighted by Crippen LogP contribution is -2.51. The molecule has 0 bridgehead atoms. The molecule has 110 valence electrons. The van der Waals surface area contributed by atoms with Gasteiger partial charge in [-0.3, -0.25) is 0 Å². The number of methoxy groups -OCH3 is 1. The molecule has 2 rings (SSSR count). The second-order valence-electron chi connectivity index (χ2n) is 5.05. The van der Waals surface area contributed by atoms with Crippen LogP contribution < -0.4 is 10.0 Å². The van der Waals surface area contributed by atoms with Crippen LogP contribution in [0.2, 0.25) is 0 Å². The van der Waals surface area contributed by atoms with Gasteiger partial charge in [-0.15, -0.1) is 0 Å². The van der Waals surface area contributed by atoms with Crippen molar-refractivity contribution in [3.8, 4) is 0 Å². The number of carbonyl (C=O) groups is 1. The maximum atomic E-state index is 12.1. The van der Waals surface area contributed by atoms with E-state index in [-0.39, 0.29) is 12.1 Å². The van der Waals surface area contributed by atoms with E-state index >= 15 is 0 Å². The zero-order valence-electron chi connectivity index (χ0n) is 11.1. The van der Waals surface area contributed by atoms with Gasteiger partial charge in [0.1, 0.15) is 0 Å². The van der Waals surface area contributed by atoms with Gasteiger partial charge in [-0.25, -0.2) is 9.52 Å². The molecule has 0 aromatic rings. The van der Waals surface area contributed by atoms with E-state index in [2.05, 4.69) is 10.1 Å². The molecule has 1 saturated heterocycles. The quantitative estimate of drug-likeness (QED) is 0.755. The highest BCUT2D eigenvalue weighted by molar-refractivity contribution is 7.87. The molecule has 7 nitrogen and oxygen atoms in total. The highest BCUT2D eigenvalue weighted by Crippen LogP contribution is 2.29. The van der Waals surface area contributed by atoms with Crippen molar-refractivity contribution in [2.45, 2.75) is 44.2 Å². The van der Waals surface area contributed by atoms with Crippen molar-refractivity contribution in [3.63, 3.8) is 0 Å². The Morgan fingerprint density at radius 1 is 1.37 bits per heavy atom. The third kappa shape index (κ3) is 4.05. The Morgan fingerprint density at radius 2 is 2.11 bits per heavy atom. The summed E-state index contributed by atoms with van der Waals surface area (Å²) in [5.41, 5.74) is 0. The van der Waals surface area contributed by atoms with Crippen LogP contribution in [-0.2, 0) is 14.9 Å². The van der Waals surface area contributed by atoms with E-state index in [0.717, 1.165) is 45.8 Å². The number of rotatable bonds is 5. The van der Waals surface area contributed by atoms with E-state index in [0.29, 0.717) is 6.54 Å². The predicted molar refractivity (Wildman–Crippen MR) is 69.8 cm³/mol. The maximum absolute atomic E-state index is 12.1. The van der Waals surface area contributed by atoms with Crippen LogP contribution in [0.4, 0.5) is 4.79 Å². The fourth-order valence-corrected chi connectivity index (χ4v) is 3.70. The van der Waals surface area contributed by atoms with Gasteiger partial charge in [0.25, 0.3) is 0 Å². The molecule has 1 unspecified atom stereocenters. The van der Waals surface area contributed by atoms with E-state index < -0.39 is 16.3 Å². The number of nitrogens with one attached hydrogen (secondary N) is 2. The number of piperidine rings is 1. The summed E-state index contributed by atoms with van der Waals surface area (Å²) >= 11 is 0. The summed E-state index contributed by atoms with van der Waals surface area (Å²) in [7, 11) is -2.65. The minimum Gasteiger partial charge on any atom is -0.452 e. The summed E-state index contributed by atoms with van der Waals surface area (Å²) in [4.78, 5) is 11.1. The molecule has 1 aliphatic carbocycles. The summed E-state index contributed by atoms with van der Waals surface area (Å²) in [6, 6.07) is 0.189. The van der Waals surface area contributed by atoms with Crippen LogP contribution in [0.5, 0.6) is 0 Å². The summed E-state index contributed by atoms with van der Waals surface area (Å²) in [6.07, 6.45) is 3.98. The smallest absolute Gasteiger partial charge is 0.421 e. The summed E-state index contributed by atoms with van der Waals surface area (Å²) in [5, 5.41) is 3.32. The van der Waals surface area contributed by atoms with Gasteiger partial charge in [0, 0.05) is 18.6 Å². The Kier molecular flexibility index (Phi) is 4.64. The normalized spacial score (nSPS) is 24.2. The summed E-state index contributed by atoms with van der Waals surface area (Å²) in [6.45, 7) is 1.34. The van der Waals surface area contributed by atoms with Crippen LogP contribution >= 0.6 is 0 Å². The van der Waals surface area contributed by atoms with Gasteiger partial charge in [-0.1, -0.05) is 6.42 Å². The van der Waals surface area contributed by atoms with Gasteiger partial charge in [0.2, 0.25) is 0 Å². The maximum Gasteiger partial charge on any atom is 0.421 e. The van der Waals surface area contributed by atoms with Crippen LogP contribution in [0.3, 0.4) is 0 Å². The Morgan fingerprint density at radius 3 is 2.63 bits per heavy atom. The first kappa shape index (κ1) is 14.5. The van der Waals surface area contributed by atoms with Gasteiger partial charge < -0.3 is 10.1 Å². The Bertz CT molecular complexity index is 416. The standard InChI is InChI=1S/C11H21N3O4S/c1-18-11(15)13-19(16,17)14(10-5-6-10)8-9-4-2-3-7-12-9/h9-10,12H,2-8H2,1H3,(H,13,15).